The van der Waals surface area contributed by atoms with E-state index in [4.69, 9.17) is 18.5 Å². The molecule has 0 saturated carbocycles. The van der Waals surface area contributed by atoms with Crippen LogP contribution in [0.25, 0.3) is 0 Å². The highest BCUT2D eigenvalue weighted by molar-refractivity contribution is 7.47. The zero-order chi connectivity index (χ0) is 42.8. The first-order valence-corrected chi connectivity index (χ1v) is 23.5. The normalized spacial score (nSPS) is 14.5. The van der Waals surface area contributed by atoms with Crippen LogP contribution in [-0.2, 0) is 32.7 Å². The molecule has 0 aliphatic rings. The SMILES string of the molecule is CCCCC/C=C\C/C=C\C/C=C\C/C=C\CCCC(=O)OC[C@H](COP(=O)(O)OCC[N+](C)(C)C)OC(=O)CCC/C=C\C/C=C\C/C=C\C/C=C/CCCCC. The summed E-state index contributed by atoms with van der Waals surface area (Å²) in [6.45, 7) is 4.21. The van der Waals surface area contributed by atoms with Gasteiger partial charge in [-0.3, -0.25) is 18.6 Å². The molecule has 9 nitrogen and oxygen atoms in total. The van der Waals surface area contributed by atoms with Crippen molar-refractivity contribution in [1.29, 1.82) is 0 Å². The first-order valence-electron chi connectivity index (χ1n) is 22.0. The number of quaternary nitrogens is 1. The Morgan fingerprint density at radius 1 is 0.534 bits per heavy atom. The molecule has 2 atom stereocenters. The topological polar surface area (TPSA) is 108 Å². The van der Waals surface area contributed by atoms with Gasteiger partial charge in [-0.05, 0) is 89.9 Å². The maximum absolute atomic E-state index is 12.7. The van der Waals surface area contributed by atoms with Gasteiger partial charge in [-0.15, -0.1) is 0 Å². The standard InChI is InChI=1S/C48H80NO8P/c1-6-8-10-12-14-16-18-20-22-24-26-28-30-32-34-36-38-40-47(50)54-44-46(45-56-58(52,53)55-43-42-49(3,4)5)57-48(51)41-39-37-35-33-31-29-27-25-23-21-19-17-15-13-11-9-7-2/h14-17,20-23,26-29,32-35,46H,6-13,18-19,24-25,30-31,36-45H2,1-5H3/p+1/b16-14-,17-15+,22-20-,23-21-,28-26-,29-27-,34-32-,35-33-/t46-/m1/s1. The van der Waals surface area contributed by atoms with Crippen molar-refractivity contribution in [1.82, 2.24) is 0 Å². The maximum Gasteiger partial charge on any atom is 0.472 e. The lowest BCUT2D eigenvalue weighted by atomic mass is 10.2. The number of allylic oxidation sites excluding steroid dienone is 16. The van der Waals surface area contributed by atoms with Crippen molar-refractivity contribution < 1.29 is 42.1 Å². The number of phosphoric ester groups is 1. The summed E-state index contributed by atoms with van der Waals surface area (Å²) in [7, 11) is 1.40. The van der Waals surface area contributed by atoms with Gasteiger partial charge in [-0.1, -0.05) is 137 Å². The molecule has 330 valence electrons. The summed E-state index contributed by atoms with van der Waals surface area (Å²) in [5.74, 6) is -0.941. The predicted octanol–water partition coefficient (Wildman–Crippen LogP) is 12.6. The van der Waals surface area contributed by atoms with Gasteiger partial charge in [0, 0.05) is 12.8 Å². The van der Waals surface area contributed by atoms with E-state index in [-0.39, 0.29) is 26.1 Å². The van der Waals surface area contributed by atoms with Crippen LogP contribution in [0.15, 0.2) is 97.2 Å². The molecule has 0 bridgehead atoms. The maximum atomic E-state index is 12.7. The molecule has 0 fully saturated rings. The number of unbranched alkanes of at least 4 members (excludes halogenated alkanes) is 8. The molecule has 0 aromatic rings. The molecule has 1 unspecified atom stereocenters. The summed E-state index contributed by atoms with van der Waals surface area (Å²) < 4.78 is 34.2. The third kappa shape index (κ3) is 42.5. The van der Waals surface area contributed by atoms with Crippen LogP contribution in [0.1, 0.15) is 142 Å². The summed E-state index contributed by atoms with van der Waals surface area (Å²) in [5.41, 5.74) is 0. The van der Waals surface area contributed by atoms with Crippen molar-refractivity contribution in [2.24, 2.45) is 0 Å². The van der Waals surface area contributed by atoms with E-state index in [0.717, 1.165) is 44.9 Å². The molecule has 0 radical (unpaired) electrons. The average Bonchev–Trinajstić information content (AvgIpc) is 3.17. The monoisotopic (exact) mass is 831 g/mol. The van der Waals surface area contributed by atoms with Gasteiger partial charge in [0.2, 0.25) is 0 Å². The number of rotatable bonds is 38. The Balaban J connectivity index is 4.58. The molecule has 58 heavy (non-hydrogen) atoms. The molecule has 0 heterocycles. The summed E-state index contributed by atoms with van der Waals surface area (Å²) >= 11 is 0. The number of phosphoric acid groups is 1. The molecule has 0 rings (SSSR count). The van der Waals surface area contributed by atoms with Crippen LogP contribution in [0.3, 0.4) is 0 Å². The molecular formula is C48H81NO8P+. The van der Waals surface area contributed by atoms with Gasteiger partial charge in [0.25, 0.3) is 0 Å². The van der Waals surface area contributed by atoms with Gasteiger partial charge in [-0.2, -0.15) is 0 Å². The first-order chi connectivity index (χ1) is 28.0. The fraction of sp³-hybridized carbons (Fsp3) is 0.625. The molecule has 10 heteroatoms. The van der Waals surface area contributed by atoms with Crippen LogP contribution < -0.4 is 0 Å². The molecule has 1 N–H and O–H groups in total. The van der Waals surface area contributed by atoms with E-state index in [0.29, 0.717) is 30.3 Å². The Morgan fingerprint density at radius 3 is 1.31 bits per heavy atom. The Labute approximate surface area is 353 Å². The smallest absolute Gasteiger partial charge is 0.462 e. The number of esters is 2. The number of hydrogen-bond donors (Lipinski definition) is 1. The van der Waals surface area contributed by atoms with Crippen molar-refractivity contribution in [3.05, 3.63) is 97.2 Å². The largest absolute Gasteiger partial charge is 0.472 e. The number of hydrogen-bond acceptors (Lipinski definition) is 7. The number of nitrogens with zero attached hydrogens (tertiary/aromatic N) is 1. The highest BCUT2D eigenvalue weighted by atomic mass is 31.2. The minimum atomic E-state index is -4.41. The van der Waals surface area contributed by atoms with E-state index >= 15 is 0 Å². The van der Waals surface area contributed by atoms with Crippen LogP contribution in [0, 0.1) is 0 Å². The highest BCUT2D eigenvalue weighted by Gasteiger charge is 2.27. The molecule has 0 aliphatic heterocycles. The molecular weight excluding hydrogens is 750 g/mol. The van der Waals surface area contributed by atoms with E-state index < -0.39 is 32.5 Å². The van der Waals surface area contributed by atoms with Crippen molar-refractivity contribution in [2.75, 3.05) is 47.5 Å². The van der Waals surface area contributed by atoms with E-state index in [1.807, 2.05) is 33.3 Å². The Kier molecular flexibility index (Phi) is 37.3. The Bertz CT molecular complexity index is 1300. The molecule has 0 amide bonds. The van der Waals surface area contributed by atoms with Crippen molar-refractivity contribution >= 4 is 19.8 Å². The lowest BCUT2D eigenvalue weighted by molar-refractivity contribution is -0.870. The second-order valence-electron chi connectivity index (χ2n) is 15.4. The lowest BCUT2D eigenvalue weighted by Gasteiger charge is -2.24. The fourth-order valence-electron chi connectivity index (χ4n) is 5.11. The van der Waals surface area contributed by atoms with Gasteiger partial charge in [-0.25, -0.2) is 4.57 Å². The zero-order valence-corrected chi connectivity index (χ0v) is 37.9. The minimum Gasteiger partial charge on any atom is -0.462 e. The quantitative estimate of drug-likeness (QED) is 0.0215. The van der Waals surface area contributed by atoms with Gasteiger partial charge in [0.15, 0.2) is 6.10 Å². The van der Waals surface area contributed by atoms with Gasteiger partial charge in [0.1, 0.15) is 19.8 Å². The van der Waals surface area contributed by atoms with Crippen LogP contribution in [0.2, 0.25) is 0 Å². The fourth-order valence-corrected chi connectivity index (χ4v) is 5.86. The highest BCUT2D eigenvalue weighted by Crippen LogP contribution is 2.43. The zero-order valence-electron chi connectivity index (χ0n) is 37.0. The van der Waals surface area contributed by atoms with Crippen LogP contribution in [-0.4, -0.2) is 74.9 Å². The molecule has 0 spiro atoms. The molecule has 0 aromatic heterocycles. The van der Waals surface area contributed by atoms with Crippen molar-refractivity contribution in [3.63, 3.8) is 0 Å². The van der Waals surface area contributed by atoms with E-state index in [2.05, 4.69) is 98.9 Å². The van der Waals surface area contributed by atoms with Crippen molar-refractivity contribution in [2.45, 2.75) is 148 Å². The number of likely N-dealkylation sites (N-methyl/N-ethyl adjacent to an activating group) is 1. The van der Waals surface area contributed by atoms with Crippen LogP contribution in [0.5, 0.6) is 0 Å². The molecule has 0 aromatic carbocycles. The Morgan fingerprint density at radius 2 is 0.914 bits per heavy atom. The van der Waals surface area contributed by atoms with E-state index in [1.54, 1.807) is 0 Å². The van der Waals surface area contributed by atoms with E-state index in [9.17, 15) is 19.0 Å². The van der Waals surface area contributed by atoms with Crippen molar-refractivity contribution in [3.8, 4) is 0 Å². The average molecular weight is 831 g/mol. The second-order valence-corrected chi connectivity index (χ2v) is 16.8. The summed E-state index contributed by atoms with van der Waals surface area (Å²) in [6.07, 6.45) is 51.8. The second kappa shape index (κ2) is 39.4. The van der Waals surface area contributed by atoms with Gasteiger partial charge >= 0.3 is 19.8 Å². The number of carbonyl (C=O) groups excluding carboxylic acids is 2. The number of ether oxygens (including phenoxy) is 2. The third-order valence-electron chi connectivity index (χ3n) is 8.59. The molecule has 0 aliphatic carbocycles. The predicted molar refractivity (Wildman–Crippen MR) is 242 cm³/mol. The first kappa shape index (κ1) is 54.9. The number of carbonyl (C=O) groups is 2. The van der Waals surface area contributed by atoms with Crippen LogP contribution >= 0.6 is 7.82 Å². The molecule has 0 saturated heterocycles. The minimum absolute atomic E-state index is 0.00758. The third-order valence-corrected chi connectivity index (χ3v) is 9.57. The summed E-state index contributed by atoms with van der Waals surface area (Å²) in [5, 5.41) is 0. The van der Waals surface area contributed by atoms with Gasteiger partial charge < -0.3 is 18.9 Å². The van der Waals surface area contributed by atoms with Crippen LogP contribution in [0.4, 0.5) is 0 Å². The Hall–Kier alpha value is -3.07. The summed E-state index contributed by atoms with van der Waals surface area (Å²) in [6, 6.07) is 0. The summed E-state index contributed by atoms with van der Waals surface area (Å²) in [4.78, 5) is 35.3. The lowest BCUT2D eigenvalue weighted by Crippen LogP contribution is -2.37. The van der Waals surface area contributed by atoms with E-state index in [1.165, 1.54) is 51.4 Å². The van der Waals surface area contributed by atoms with Gasteiger partial charge in [0.05, 0.1) is 27.7 Å².